The maximum absolute atomic E-state index is 6.02. The van der Waals surface area contributed by atoms with Crippen LogP contribution in [0.4, 0.5) is 0 Å². The van der Waals surface area contributed by atoms with Crippen LogP contribution in [0.25, 0.3) is 0 Å². The number of ether oxygens (including phenoxy) is 2. The Morgan fingerprint density at radius 1 is 1.22 bits per heavy atom. The predicted octanol–water partition coefficient (Wildman–Crippen LogP) is 2.37. The summed E-state index contributed by atoms with van der Waals surface area (Å²) < 4.78 is 13.4. The van der Waals surface area contributed by atoms with Crippen molar-refractivity contribution in [2.45, 2.75) is 38.6 Å². The van der Waals surface area contributed by atoms with Crippen molar-refractivity contribution in [2.75, 3.05) is 7.11 Å². The van der Waals surface area contributed by atoms with E-state index in [0.717, 1.165) is 48.0 Å². The number of fused-ring (bicyclic) bond motifs is 1. The molecule has 140 valence electrons. The highest BCUT2D eigenvalue weighted by Crippen LogP contribution is 2.25. The van der Waals surface area contributed by atoms with Crippen molar-refractivity contribution < 1.29 is 9.47 Å². The minimum Gasteiger partial charge on any atom is -0.497 e. The number of nitrogens with one attached hydrogen (secondary N) is 1. The van der Waals surface area contributed by atoms with Crippen LogP contribution in [0.5, 0.6) is 11.5 Å². The fourth-order valence-corrected chi connectivity index (χ4v) is 3.26. The number of pyridine rings is 1. The van der Waals surface area contributed by atoms with Crippen molar-refractivity contribution in [1.29, 1.82) is 0 Å². The van der Waals surface area contributed by atoms with E-state index in [4.69, 9.17) is 9.47 Å². The lowest BCUT2D eigenvalue weighted by molar-refractivity contribution is 0.294. The maximum Gasteiger partial charge on any atom is 0.138 e. The first-order valence-electron chi connectivity index (χ1n) is 9.11. The van der Waals surface area contributed by atoms with Crippen LogP contribution < -0.4 is 14.8 Å². The molecule has 7 heteroatoms. The van der Waals surface area contributed by atoms with E-state index in [1.807, 2.05) is 41.1 Å². The van der Waals surface area contributed by atoms with Crippen molar-refractivity contribution in [3.63, 3.8) is 0 Å². The van der Waals surface area contributed by atoms with Crippen molar-refractivity contribution >= 4 is 0 Å². The molecule has 1 atom stereocenters. The second kappa shape index (κ2) is 8.18. The molecule has 27 heavy (non-hydrogen) atoms. The zero-order valence-electron chi connectivity index (χ0n) is 15.3. The lowest BCUT2D eigenvalue weighted by Gasteiger charge is -2.24. The minimum atomic E-state index is 0.356. The van der Waals surface area contributed by atoms with Crippen molar-refractivity contribution in [3.8, 4) is 11.5 Å². The van der Waals surface area contributed by atoms with Gasteiger partial charge in [-0.2, -0.15) is 5.10 Å². The molecular weight excluding hydrogens is 342 g/mol. The van der Waals surface area contributed by atoms with E-state index in [1.54, 1.807) is 19.6 Å². The van der Waals surface area contributed by atoms with E-state index < -0.39 is 0 Å². The van der Waals surface area contributed by atoms with Crippen LogP contribution in [0.1, 0.15) is 23.5 Å². The van der Waals surface area contributed by atoms with Gasteiger partial charge in [-0.05, 0) is 36.8 Å². The standard InChI is InChI=1S/C20H23N5O2/c1-26-18-6-7-19(27-13-17-4-2-3-9-21-17)15(10-18)11-22-16-5-8-20-23-14-24-25(20)12-16/h2-4,6-7,9-10,14,16,22H,5,8,11-13H2,1H3. The van der Waals surface area contributed by atoms with Gasteiger partial charge in [0.15, 0.2) is 0 Å². The zero-order chi connectivity index (χ0) is 18.5. The predicted molar refractivity (Wildman–Crippen MR) is 101 cm³/mol. The second-order valence-electron chi connectivity index (χ2n) is 6.56. The molecule has 0 fully saturated rings. The highest BCUT2D eigenvalue weighted by Gasteiger charge is 2.19. The highest BCUT2D eigenvalue weighted by atomic mass is 16.5. The van der Waals surface area contributed by atoms with Crippen molar-refractivity contribution in [3.05, 3.63) is 66.0 Å². The first-order chi connectivity index (χ1) is 13.3. The van der Waals surface area contributed by atoms with Gasteiger partial charge in [0.2, 0.25) is 0 Å². The minimum absolute atomic E-state index is 0.356. The lowest BCUT2D eigenvalue weighted by atomic mass is 10.1. The Balaban J connectivity index is 1.42. The second-order valence-corrected chi connectivity index (χ2v) is 6.56. The van der Waals surface area contributed by atoms with Gasteiger partial charge < -0.3 is 14.8 Å². The molecular formula is C20H23N5O2. The van der Waals surface area contributed by atoms with Crippen LogP contribution >= 0.6 is 0 Å². The molecule has 0 amide bonds. The SMILES string of the molecule is COc1ccc(OCc2ccccn2)c(CNC2CCc3ncnn3C2)c1. The summed E-state index contributed by atoms with van der Waals surface area (Å²) in [5.41, 5.74) is 1.97. The molecule has 0 spiro atoms. The molecule has 3 aromatic rings. The van der Waals surface area contributed by atoms with Crippen LogP contribution in [0.2, 0.25) is 0 Å². The number of hydrogen-bond acceptors (Lipinski definition) is 6. The van der Waals surface area contributed by atoms with E-state index in [1.165, 1.54) is 0 Å². The van der Waals surface area contributed by atoms with Crippen LogP contribution in [0.3, 0.4) is 0 Å². The molecule has 0 radical (unpaired) electrons. The molecule has 1 aromatic carbocycles. The topological polar surface area (TPSA) is 74.1 Å². The van der Waals surface area contributed by atoms with Gasteiger partial charge in [-0.15, -0.1) is 0 Å². The molecule has 0 aliphatic carbocycles. The highest BCUT2D eigenvalue weighted by molar-refractivity contribution is 5.40. The molecule has 1 aliphatic heterocycles. The third-order valence-electron chi connectivity index (χ3n) is 4.76. The van der Waals surface area contributed by atoms with Gasteiger partial charge in [-0.25, -0.2) is 9.67 Å². The lowest BCUT2D eigenvalue weighted by Crippen LogP contribution is -2.37. The summed E-state index contributed by atoms with van der Waals surface area (Å²) in [4.78, 5) is 8.59. The summed E-state index contributed by atoms with van der Waals surface area (Å²) in [5.74, 6) is 2.72. The molecule has 1 unspecified atom stereocenters. The van der Waals surface area contributed by atoms with Crippen LogP contribution in [0.15, 0.2) is 48.9 Å². The van der Waals surface area contributed by atoms with Gasteiger partial charge >= 0.3 is 0 Å². The van der Waals surface area contributed by atoms with Crippen molar-refractivity contribution in [2.24, 2.45) is 0 Å². The number of nitrogens with zero attached hydrogens (tertiary/aromatic N) is 4. The average Bonchev–Trinajstić information content (AvgIpc) is 3.19. The number of aromatic nitrogens is 4. The van der Waals surface area contributed by atoms with E-state index in [2.05, 4.69) is 20.4 Å². The average molecular weight is 365 g/mol. The zero-order valence-corrected chi connectivity index (χ0v) is 15.3. The quantitative estimate of drug-likeness (QED) is 0.693. The Bertz CT molecular complexity index is 881. The smallest absolute Gasteiger partial charge is 0.138 e. The summed E-state index contributed by atoms with van der Waals surface area (Å²) in [6, 6.07) is 12.1. The van der Waals surface area contributed by atoms with Crippen LogP contribution in [0, 0.1) is 0 Å². The third kappa shape index (κ3) is 4.25. The molecule has 4 rings (SSSR count). The monoisotopic (exact) mass is 365 g/mol. The van der Waals surface area contributed by atoms with E-state index >= 15 is 0 Å². The van der Waals surface area contributed by atoms with Gasteiger partial charge in [0.05, 0.1) is 19.3 Å². The fourth-order valence-electron chi connectivity index (χ4n) is 3.26. The summed E-state index contributed by atoms with van der Waals surface area (Å²) in [5, 5.41) is 7.90. The van der Waals surface area contributed by atoms with Gasteiger partial charge in [0.25, 0.3) is 0 Å². The molecule has 1 aliphatic rings. The number of rotatable bonds is 7. The number of benzene rings is 1. The Hall–Kier alpha value is -2.93. The Labute approximate surface area is 158 Å². The summed E-state index contributed by atoms with van der Waals surface area (Å²) in [6.45, 7) is 1.97. The van der Waals surface area contributed by atoms with E-state index in [0.29, 0.717) is 19.2 Å². The normalized spacial score (nSPS) is 16.0. The number of methoxy groups -OCH3 is 1. The first-order valence-corrected chi connectivity index (χ1v) is 9.11. The first kappa shape index (κ1) is 17.5. The Kier molecular flexibility index (Phi) is 5.29. The molecule has 3 heterocycles. The molecule has 0 saturated heterocycles. The molecule has 0 saturated carbocycles. The van der Waals surface area contributed by atoms with E-state index in [-0.39, 0.29) is 0 Å². The van der Waals surface area contributed by atoms with Crippen LogP contribution in [-0.4, -0.2) is 32.9 Å². The Morgan fingerprint density at radius 2 is 2.19 bits per heavy atom. The van der Waals surface area contributed by atoms with E-state index in [9.17, 15) is 0 Å². The summed E-state index contributed by atoms with van der Waals surface area (Å²) >= 11 is 0. The summed E-state index contributed by atoms with van der Waals surface area (Å²) in [7, 11) is 1.67. The van der Waals surface area contributed by atoms with Gasteiger partial charge in [0, 0.05) is 30.8 Å². The molecule has 2 aromatic heterocycles. The van der Waals surface area contributed by atoms with Gasteiger partial charge in [0.1, 0.15) is 30.3 Å². The summed E-state index contributed by atoms with van der Waals surface area (Å²) in [6.07, 6.45) is 5.39. The molecule has 0 bridgehead atoms. The van der Waals surface area contributed by atoms with Gasteiger partial charge in [-0.1, -0.05) is 6.07 Å². The van der Waals surface area contributed by atoms with Crippen LogP contribution in [-0.2, 0) is 26.1 Å². The van der Waals surface area contributed by atoms with Crippen molar-refractivity contribution in [1.82, 2.24) is 25.1 Å². The Morgan fingerprint density at radius 3 is 3.04 bits per heavy atom. The molecule has 7 nitrogen and oxygen atoms in total. The number of aryl methyl sites for hydroxylation is 1. The molecule has 1 N–H and O–H groups in total. The largest absolute Gasteiger partial charge is 0.497 e. The maximum atomic E-state index is 6.02. The number of hydrogen-bond donors (Lipinski definition) is 1. The third-order valence-corrected chi connectivity index (χ3v) is 4.76. The fraction of sp³-hybridized carbons (Fsp3) is 0.350. The van der Waals surface area contributed by atoms with Gasteiger partial charge in [-0.3, -0.25) is 4.98 Å².